The summed E-state index contributed by atoms with van der Waals surface area (Å²) in [6, 6.07) is 14.2. The minimum absolute atomic E-state index is 0. The third-order valence-electron chi connectivity index (χ3n) is 2.84. The van der Waals surface area contributed by atoms with Crippen LogP contribution in [0.4, 0.5) is 0 Å². The zero-order chi connectivity index (χ0) is 12.3. The summed E-state index contributed by atoms with van der Waals surface area (Å²) in [6.45, 7) is 2.02. The van der Waals surface area contributed by atoms with E-state index >= 15 is 0 Å². The van der Waals surface area contributed by atoms with Crippen molar-refractivity contribution in [2.75, 3.05) is 6.26 Å². The monoisotopic (exact) mass is 282 g/mol. The van der Waals surface area contributed by atoms with Crippen LogP contribution in [0, 0.1) is 0 Å². The van der Waals surface area contributed by atoms with Gasteiger partial charge in [0.25, 0.3) is 0 Å². The molecule has 0 fully saturated rings. The zero-order valence-electron chi connectivity index (χ0n) is 11.1. The Hall–Kier alpha value is 0.226. The van der Waals surface area contributed by atoms with Crippen LogP contribution in [-0.4, -0.2) is 6.26 Å². The molecule has 2 rings (SSSR count). The molecule has 18 heavy (non-hydrogen) atoms. The normalized spacial score (nSPS) is 9.89. The third kappa shape index (κ3) is 3.62. The van der Waals surface area contributed by atoms with Crippen LogP contribution in [0.5, 0.6) is 5.75 Å². The minimum atomic E-state index is 0. The molecule has 0 aliphatic rings. The van der Waals surface area contributed by atoms with Gasteiger partial charge in [-0.2, -0.15) is 0 Å². The van der Waals surface area contributed by atoms with Crippen LogP contribution in [-0.2, 0) is 6.42 Å². The molecule has 0 amide bonds. The minimum Gasteiger partial charge on any atom is -0.872 e. The van der Waals surface area contributed by atoms with Crippen molar-refractivity contribution in [3.05, 3.63) is 48.0 Å². The average molecular weight is 282 g/mol. The summed E-state index contributed by atoms with van der Waals surface area (Å²) in [4.78, 5) is 0.836. The average Bonchev–Trinajstić information content (AvgIpc) is 2.40. The van der Waals surface area contributed by atoms with Gasteiger partial charge in [0, 0.05) is 0 Å². The van der Waals surface area contributed by atoms with Crippen LogP contribution in [0.3, 0.4) is 0 Å². The zero-order valence-corrected chi connectivity index (χ0v) is 15.0. The molecule has 0 spiro atoms. The first-order valence-electron chi connectivity index (χ1n) is 5.69. The molecule has 0 aliphatic carbocycles. The van der Waals surface area contributed by atoms with Crippen molar-refractivity contribution in [3.8, 4) is 16.9 Å². The van der Waals surface area contributed by atoms with E-state index in [0.717, 1.165) is 28.0 Å². The molecular weight excluding hydrogens is 267 g/mol. The number of hydrogen-bond acceptors (Lipinski definition) is 2. The summed E-state index contributed by atoms with van der Waals surface area (Å²) in [7, 11) is 0. The molecule has 0 aromatic heterocycles. The molecule has 1 nitrogen and oxygen atoms in total. The summed E-state index contributed by atoms with van der Waals surface area (Å²) in [6.07, 6.45) is 2.73. The Morgan fingerprint density at radius 1 is 1.06 bits per heavy atom. The van der Waals surface area contributed by atoms with Crippen molar-refractivity contribution in [1.82, 2.24) is 0 Å². The van der Waals surface area contributed by atoms with E-state index < -0.39 is 0 Å². The maximum atomic E-state index is 12.0. The molecule has 3 heteroatoms. The van der Waals surface area contributed by atoms with E-state index in [0.29, 0.717) is 0 Å². The molecule has 0 unspecified atom stereocenters. The molecule has 0 saturated carbocycles. The first-order chi connectivity index (χ1) is 8.26. The summed E-state index contributed by atoms with van der Waals surface area (Å²) in [5.74, 6) is 0.180. The van der Waals surface area contributed by atoms with Gasteiger partial charge in [-0.05, 0) is 34.8 Å². The number of aryl methyl sites for hydroxylation is 1. The molecule has 0 saturated heterocycles. The molecular formula is C15H15KOS. The van der Waals surface area contributed by atoms with E-state index in [1.807, 2.05) is 43.5 Å². The molecule has 0 aliphatic heterocycles. The van der Waals surface area contributed by atoms with Gasteiger partial charge >= 0.3 is 51.4 Å². The second kappa shape index (κ2) is 7.73. The van der Waals surface area contributed by atoms with E-state index in [2.05, 4.69) is 12.1 Å². The van der Waals surface area contributed by atoms with E-state index in [-0.39, 0.29) is 57.1 Å². The summed E-state index contributed by atoms with van der Waals surface area (Å²) in [5.41, 5.74) is 3.19. The van der Waals surface area contributed by atoms with Gasteiger partial charge in [-0.25, -0.2) is 0 Å². The Labute approximate surface area is 155 Å². The Kier molecular flexibility index (Phi) is 6.99. The van der Waals surface area contributed by atoms with Gasteiger partial charge in [-0.3, -0.25) is 0 Å². The van der Waals surface area contributed by atoms with Crippen LogP contribution < -0.4 is 56.5 Å². The topological polar surface area (TPSA) is 23.1 Å². The molecule has 2 aromatic carbocycles. The molecule has 0 heterocycles. The van der Waals surface area contributed by atoms with Crippen molar-refractivity contribution in [1.29, 1.82) is 0 Å². The maximum Gasteiger partial charge on any atom is 1.00 e. The summed E-state index contributed by atoms with van der Waals surface area (Å²) in [5, 5.41) is 12.0. The van der Waals surface area contributed by atoms with E-state index in [9.17, 15) is 5.11 Å². The van der Waals surface area contributed by atoms with Crippen LogP contribution in [0.25, 0.3) is 11.1 Å². The first kappa shape index (κ1) is 16.3. The Balaban J connectivity index is 0.00000162. The van der Waals surface area contributed by atoms with E-state index in [1.54, 1.807) is 0 Å². The fourth-order valence-electron chi connectivity index (χ4n) is 1.87. The SMILES string of the molecule is CCc1cc(-c2ccccc2)cc(SC)c1[O-].[K+]. The van der Waals surface area contributed by atoms with Gasteiger partial charge in [-0.15, -0.1) is 11.8 Å². The van der Waals surface area contributed by atoms with E-state index in [4.69, 9.17) is 0 Å². The first-order valence-corrected chi connectivity index (χ1v) is 6.92. The Morgan fingerprint density at radius 2 is 1.72 bits per heavy atom. The molecule has 0 bridgehead atoms. The Morgan fingerprint density at radius 3 is 2.28 bits per heavy atom. The summed E-state index contributed by atoms with van der Waals surface area (Å²) >= 11 is 1.52. The number of benzene rings is 2. The second-order valence-electron chi connectivity index (χ2n) is 3.89. The van der Waals surface area contributed by atoms with Crippen LogP contribution >= 0.6 is 11.8 Å². The van der Waals surface area contributed by atoms with Crippen molar-refractivity contribution in [3.63, 3.8) is 0 Å². The molecule has 0 N–H and O–H groups in total. The molecule has 0 atom stereocenters. The van der Waals surface area contributed by atoms with Gasteiger partial charge in [-0.1, -0.05) is 54.6 Å². The fraction of sp³-hybridized carbons (Fsp3) is 0.200. The van der Waals surface area contributed by atoms with Crippen molar-refractivity contribution in [2.45, 2.75) is 18.2 Å². The van der Waals surface area contributed by atoms with Crippen LogP contribution in [0.1, 0.15) is 12.5 Å². The van der Waals surface area contributed by atoms with Gasteiger partial charge in [0.2, 0.25) is 0 Å². The quantitative estimate of drug-likeness (QED) is 0.611. The largest absolute Gasteiger partial charge is 1.00 e. The van der Waals surface area contributed by atoms with Gasteiger partial charge in [0.15, 0.2) is 0 Å². The summed E-state index contributed by atoms with van der Waals surface area (Å²) < 4.78 is 0. The predicted octanol–water partition coefficient (Wildman–Crippen LogP) is 0.715. The molecule has 0 radical (unpaired) electrons. The third-order valence-corrected chi connectivity index (χ3v) is 3.58. The van der Waals surface area contributed by atoms with Gasteiger partial charge in [0.1, 0.15) is 0 Å². The van der Waals surface area contributed by atoms with Gasteiger partial charge in [0.05, 0.1) is 0 Å². The molecule has 2 aromatic rings. The van der Waals surface area contributed by atoms with Crippen LogP contribution in [0.15, 0.2) is 47.4 Å². The second-order valence-corrected chi connectivity index (χ2v) is 4.73. The number of hydrogen-bond donors (Lipinski definition) is 0. The van der Waals surface area contributed by atoms with Gasteiger partial charge < -0.3 is 5.11 Å². The number of thioether (sulfide) groups is 1. The standard InChI is InChI=1S/C15H16OS.K/c1-3-11-9-13(10-14(17-2)15(11)16)12-7-5-4-6-8-12;/h4-10,16H,3H2,1-2H3;/q;+1/p-1. The van der Waals surface area contributed by atoms with E-state index in [1.165, 1.54) is 11.8 Å². The van der Waals surface area contributed by atoms with Crippen molar-refractivity contribution < 1.29 is 56.5 Å². The molecule has 88 valence electrons. The number of rotatable bonds is 3. The maximum absolute atomic E-state index is 12.0. The van der Waals surface area contributed by atoms with Crippen molar-refractivity contribution >= 4 is 11.8 Å². The smallest absolute Gasteiger partial charge is 0.872 e. The van der Waals surface area contributed by atoms with Crippen molar-refractivity contribution in [2.24, 2.45) is 0 Å². The Bertz CT molecular complexity index is 486. The van der Waals surface area contributed by atoms with Crippen LogP contribution in [0.2, 0.25) is 0 Å². The predicted molar refractivity (Wildman–Crippen MR) is 72.5 cm³/mol. The fourth-order valence-corrected chi connectivity index (χ4v) is 2.43.